The van der Waals surface area contributed by atoms with E-state index in [-0.39, 0.29) is 42.4 Å². The van der Waals surface area contributed by atoms with Crippen molar-refractivity contribution in [2.45, 2.75) is 33.4 Å². The van der Waals surface area contributed by atoms with Crippen molar-refractivity contribution >= 4 is 40.0 Å². The van der Waals surface area contributed by atoms with Gasteiger partial charge in [-0.1, -0.05) is 0 Å². The molecule has 1 fully saturated rings. The standard InChI is InChI=1S/C16H31N7O3S.HI/c1-5-17-16(18-12-15-19-13-20-21(15)4)22-6-8-23(9-7-22)27(24,25)11-10-26-14(2)3;/h13-14H,5-12H2,1-4H3,(H,17,18);1H. The molecule has 0 atom stereocenters. The summed E-state index contributed by atoms with van der Waals surface area (Å²) in [4.78, 5) is 10.9. The molecule has 1 saturated heterocycles. The summed E-state index contributed by atoms with van der Waals surface area (Å²) in [5.74, 6) is 1.56. The highest BCUT2D eigenvalue weighted by atomic mass is 127. The van der Waals surface area contributed by atoms with Crippen molar-refractivity contribution in [2.75, 3.05) is 45.1 Å². The molecule has 1 aromatic heterocycles. The Morgan fingerprint density at radius 1 is 1.32 bits per heavy atom. The van der Waals surface area contributed by atoms with E-state index in [2.05, 4.69) is 25.3 Å². The predicted octanol–water partition coefficient (Wildman–Crippen LogP) is 0.271. The maximum Gasteiger partial charge on any atom is 0.216 e. The minimum Gasteiger partial charge on any atom is -0.378 e. The SMILES string of the molecule is CCNC(=NCc1ncnn1C)N1CCN(S(=O)(=O)CCOC(C)C)CC1.I. The average molecular weight is 529 g/mol. The first-order valence-corrected chi connectivity index (χ1v) is 10.9. The zero-order chi connectivity index (χ0) is 19.9. The molecule has 2 heterocycles. The Morgan fingerprint density at radius 2 is 2.00 bits per heavy atom. The van der Waals surface area contributed by atoms with Crippen LogP contribution in [0, 0.1) is 0 Å². The van der Waals surface area contributed by atoms with Gasteiger partial charge in [0.05, 0.1) is 18.5 Å². The first kappa shape index (κ1) is 25.0. The number of nitrogens with one attached hydrogen (secondary N) is 1. The van der Waals surface area contributed by atoms with Gasteiger partial charge in [0.1, 0.15) is 18.7 Å². The van der Waals surface area contributed by atoms with Crippen molar-refractivity contribution in [3.05, 3.63) is 12.2 Å². The Hall–Kier alpha value is -0.990. The second kappa shape index (κ2) is 11.9. The number of aliphatic imine (C=N–C) groups is 1. The van der Waals surface area contributed by atoms with E-state index >= 15 is 0 Å². The molecule has 28 heavy (non-hydrogen) atoms. The Kier molecular flexibility index (Phi) is 10.6. The van der Waals surface area contributed by atoms with Crippen LogP contribution < -0.4 is 5.32 Å². The molecular weight excluding hydrogens is 497 g/mol. The molecule has 1 aliphatic rings. The maximum absolute atomic E-state index is 12.5. The molecule has 0 bridgehead atoms. The second-order valence-electron chi connectivity index (χ2n) is 6.59. The summed E-state index contributed by atoms with van der Waals surface area (Å²) in [6.45, 7) is 9.25. The molecule has 1 N–H and O–H groups in total. The number of sulfonamides is 1. The lowest BCUT2D eigenvalue weighted by Gasteiger charge is -2.35. The fraction of sp³-hybridized carbons (Fsp3) is 0.812. The fourth-order valence-electron chi connectivity index (χ4n) is 2.73. The van der Waals surface area contributed by atoms with Crippen LogP contribution >= 0.6 is 24.0 Å². The van der Waals surface area contributed by atoms with Gasteiger partial charge in [-0.3, -0.25) is 4.68 Å². The lowest BCUT2D eigenvalue weighted by atomic mass is 10.4. The highest BCUT2D eigenvalue weighted by molar-refractivity contribution is 14.0. The van der Waals surface area contributed by atoms with Gasteiger partial charge in [0.2, 0.25) is 10.0 Å². The third-order valence-electron chi connectivity index (χ3n) is 4.23. The second-order valence-corrected chi connectivity index (χ2v) is 8.68. The molecule has 12 heteroatoms. The lowest BCUT2D eigenvalue weighted by Crippen LogP contribution is -2.54. The third-order valence-corrected chi connectivity index (χ3v) is 6.07. The number of halogens is 1. The molecule has 0 unspecified atom stereocenters. The van der Waals surface area contributed by atoms with Gasteiger partial charge < -0.3 is 15.0 Å². The number of hydrogen-bond acceptors (Lipinski definition) is 6. The number of ether oxygens (including phenoxy) is 1. The molecule has 1 aliphatic heterocycles. The van der Waals surface area contributed by atoms with Crippen molar-refractivity contribution in [1.82, 2.24) is 29.3 Å². The maximum atomic E-state index is 12.5. The van der Waals surface area contributed by atoms with Gasteiger partial charge in [-0.25, -0.2) is 18.4 Å². The molecule has 0 radical (unpaired) electrons. The number of guanidine groups is 1. The van der Waals surface area contributed by atoms with Gasteiger partial charge in [0, 0.05) is 39.8 Å². The summed E-state index contributed by atoms with van der Waals surface area (Å²) in [6, 6.07) is 0. The van der Waals surface area contributed by atoms with E-state index in [1.54, 1.807) is 8.99 Å². The quantitative estimate of drug-likeness (QED) is 0.293. The molecule has 162 valence electrons. The summed E-state index contributed by atoms with van der Waals surface area (Å²) in [7, 11) is -1.46. The number of rotatable bonds is 8. The highest BCUT2D eigenvalue weighted by Crippen LogP contribution is 2.09. The normalized spacial score (nSPS) is 16.3. The lowest BCUT2D eigenvalue weighted by molar-refractivity contribution is 0.0904. The van der Waals surface area contributed by atoms with Gasteiger partial charge in [-0.2, -0.15) is 9.40 Å². The topological polar surface area (TPSA) is 105 Å². The van der Waals surface area contributed by atoms with Crippen LogP contribution in [0.25, 0.3) is 0 Å². The van der Waals surface area contributed by atoms with Gasteiger partial charge in [-0.05, 0) is 20.8 Å². The predicted molar refractivity (Wildman–Crippen MR) is 119 cm³/mol. The van der Waals surface area contributed by atoms with Crippen molar-refractivity contribution in [1.29, 1.82) is 0 Å². The molecule has 10 nitrogen and oxygen atoms in total. The van der Waals surface area contributed by atoms with Crippen molar-refractivity contribution in [3.63, 3.8) is 0 Å². The van der Waals surface area contributed by atoms with Crippen LogP contribution in [-0.2, 0) is 28.4 Å². The molecule has 0 aromatic carbocycles. The van der Waals surface area contributed by atoms with E-state index < -0.39 is 10.0 Å². The molecular formula is C16H32IN7O3S. The molecule has 0 aliphatic carbocycles. The van der Waals surface area contributed by atoms with Crippen LogP contribution in [-0.4, -0.2) is 89.5 Å². The van der Waals surface area contributed by atoms with Crippen LogP contribution in [0.5, 0.6) is 0 Å². The Balaban J connectivity index is 0.00000392. The largest absolute Gasteiger partial charge is 0.378 e. The Bertz CT molecular complexity index is 716. The highest BCUT2D eigenvalue weighted by Gasteiger charge is 2.28. The van der Waals surface area contributed by atoms with E-state index in [9.17, 15) is 8.42 Å². The Labute approximate surface area is 184 Å². The third kappa shape index (κ3) is 7.44. The summed E-state index contributed by atoms with van der Waals surface area (Å²) in [5, 5.41) is 7.31. The molecule has 0 amide bonds. The zero-order valence-electron chi connectivity index (χ0n) is 17.0. The van der Waals surface area contributed by atoms with Crippen LogP contribution in [0.15, 0.2) is 11.3 Å². The van der Waals surface area contributed by atoms with Gasteiger partial charge in [-0.15, -0.1) is 24.0 Å². The fourth-order valence-corrected chi connectivity index (χ4v) is 4.02. The molecule has 0 spiro atoms. The van der Waals surface area contributed by atoms with Gasteiger partial charge in [0.25, 0.3) is 0 Å². The average Bonchev–Trinajstić information content (AvgIpc) is 3.03. The van der Waals surface area contributed by atoms with E-state index in [0.29, 0.717) is 32.7 Å². The summed E-state index contributed by atoms with van der Waals surface area (Å²) in [5.41, 5.74) is 0. The first-order valence-electron chi connectivity index (χ1n) is 9.29. The van der Waals surface area contributed by atoms with Crippen molar-refractivity contribution in [2.24, 2.45) is 12.0 Å². The van der Waals surface area contributed by atoms with Crippen LogP contribution in [0.4, 0.5) is 0 Å². The van der Waals surface area contributed by atoms with E-state index in [1.165, 1.54) is 6.33 Å². The molecule has 0 saturated carbocycles. The minimum atomic E-state index is -3.29. The van der Waals surface area contributed by atoms with Gasteiger partial charge >= 0.3 is 0 Å². The summed E-state index contributed by atoms with van der Waals surface area (Å²) in [6.07, 6.45) is 1.54. The van der Waals surface area contributed by atoms with Gasteiger partial charge in [0.15, 0.2) is 5.96 Å². The summed E-state index contributed by atoms with van der Waals surface area (Å²) >= 11 is 0. The van der Waals surface area contributed by atoms with E-state index in [0.717, 1.165) is 18.3 Å². The number of piperazine rings is 1. The van der Waals surface area contributed by atoms with E-state index in [4.69, 9.17) is 4.74 Å². The molecule has 1 aromatic rings. The van der Waals surface area contributed by atoms with Crippen molar-refractivity contribution in [3.8, 4) is 0 Å². The monoisotopic (exact) mass is 529 g/mol. The Morgan fingerprint density at radius 3 is 2.54 bits per heavy atom. The van der Waals surface area contributed by atoms with Crippen LogP contribution in [0.3, 0.4) is 0 Å². The number of nitrogens with zero attached hydrogens (tertiary/aromatic N) is 6. The number of hydrogen-bond donors (Lipinski definition) is 1. The number of aryl methyl sites for hydroxylation is 1. The minimum absolute atomic E-state index is 0. The first-order chi connectivity index (χ1) is 12.8. The summed E-state index contributed by atoms with van der Waals surface area (Å²) < 4.78 is 33.5. The number of aromatic nitrogens is 3. The van der Waals surface area contributed by atoms with Crippen LogP contribution in [0.1, 0.15) is 26.6 Å². The zero-order valence-corrected chi connectivity index (χ0v) is 20.2. The van der Waals surface area contributed by atoms with E-state index in [1.807, 2.05) is 27.8 Å². The van der Waals surface area contributed by atoms with Crippen molar-refractivity contribution < 1.29 is 13.2 Å². The smallest absolute Gasteiger partial charge is 0.216 e. The van der Waals surface area contributed by atoms with Crippen LogP contribution in [0.2, 0.25) is 0 Å². The molecule has 2 rings (SSSR count).